The lowest BCUT2D eigenvalue weighted by Crippen LogP contribution is -2.18. The molecule has 1 aromatic heterocycles. The van der Waals surface area contributed by atoms with Crippen LogP contribution in [-0.2, 0) is 6.42 Å². The number of benzene rings is 1. The normalized spacial score (nSPS) is 18.4. The Morgan fingerprint density at radius 1 is 1.32 bits per heavy atom. The summed E-state index contributed by atoms with van der Waals surface area (Å²) in [6, 6.07) is 8.87. The van der Waals surface area contributed by atoms with Gasteiger partial charge in [0.2, 0.25) is 0 Å². The molecule has 1 aliphatic rings. The smallest absolute Gasteiger partial charge is 0.0599 e. The summed E-state index contributed by atoms with van der Waals surface area (Å²) in [6.45, 7) is 4.30. The van der Waals surface area contributed by atoms with E-state index in [2.05, 4.69) is 58.6 Å². The van der Waals surface area contributed by atoms with Crippen LogP contribution in [0.1, 0.15) is 41.4 Å². The number of nitrogens with two attached hydrogens (primary N) is 1. The van der Waals surface area contributed by atoms with Crippen LogP contribution >= 0.6 is 15.9 Å². The third-order valence-electron chi connectivity index (χ3n) is 4.06. The fourth-order valence-corrected chi connectivity index (χ4v) is 3.52. The highest BCUT2D eigenvalue weighted by Crippen LogP contribution is 2.35. The number of nitrogens with zero attached hydrogens (tertiary/aromatic N) is 1. The van der Waals surface area contributed by atoms with E-state index < -0.39 is 0 Å². The van der Waals surface area contributed by atoms with Crippen molar-refractivity contribution in [3.05, 3.63) is 51.3 Å². The molecule has 1 unspecified atom stereocenters. The third-order valence-corrected chi connectivity index (χ3v) is 5.09. The number of fused-ring (bicyclic) bond motifs is 1. The van der Waals surface area contributed by atoms with E-state index in [-0.39, 0.29) is 6.04 Å². The highest BCUT2D eigenvalue weighted by molar-refractivity contribution is 9.10. The Hall–Kier alpha value is -1.06. The molecule has 3 rings (SSSR count). The van der Waals surface area contributed by atoms with Gasteiger partial charge in [0.05, 0.1) is 5.69 Å². The lowest BCUT2D eigenvalue weighted by atomic mass is 9.93. The summed E-state index contributed by atoms with van der Waals surface area (Å²) < 4.78 is 3.54. The molecule has 0 spiro atoms. The summed E-state index contributed by atoms with van der Waals surface area (Å²) in [5.74, 6) is 0. The molecule has 0 saturated heterocycles. The Bertz CT molecular complexity index is 628. The molecule has 0 radical (unpaired) electrons. The molecule has 3 heteroatoms. The summed E-state index contributed by atoms with van der Waals surface area (Å²) in [6.07, 6.45) is 3.41. The van der Waals surface area contributed by atoms with E-state index in [1.54, 1.807) is 0 Å². The molecule has 2 nitrogen and oxygen atoms in total. The topological polar surface area (TPSA) is 30.9 Å². The van der Waals surface area contributed by atoms with Gasteiger partial charge in [0.25, 0.3) is 0 Å². The molecule has 0 fully saturated rings. The van der Waals surface area contributed by atoms with Crippen molar-refractivity contribution in [2.45, 2.75) is 39.2 Å². The lowest BCUT2D eigenvalue weighted by molar-refractivity contribution is 0.560. The monoisotopic (exact) mass is 318 g/mol. The molecular formula is C16H19BrN2. The zero-order valence-electron chi connectivity index (χ0n) is 11.4. The van der Waals surface area contributed by atoms with E-state index in [0.717, 1.165) is 12.8 Å². The van der Waals surface area contributed by atoms with E-state index in [1.165, 1.54) is 39.1 Å². The van der Waals surface area contributed by atoms with E-state index in [9.17, 15) is 0 Å². The zero-order valence-corrected chi connectivity index (χ0v) is 13.0. The van der Waals surface area contributed by atoms with Crippen molar-refractivity contribution in [1.29, 1.82) is 0 Å². The van der Waals surface area contributed by atoms with Crippen molar-refractivity contribution in [2.75, 3.05) is 0 Å². The quantitative estimate of drug-likeness (QED) is 0.839. The van der Waals surface area contributed by atoms with Gasteiger partial charge in [-0.15, -0.1) is 0 Å². The maximum absolute atomic E-state index is 6.25. The van der Waals surface area contributed by atoms with Gasteiger partial charge < -0.3 is 10.3 Å². The molecule has 1 aliphatic carbocycles. The summed E-state index contributed by atoms with van der Waals surface area (Å²) in [5, 5.41) is 0. The molecule has 2 N–H and O–H groups in total. The van der Waals surface area contributed by atoms with Gasteiger partial charge in [0.15, 0.2) is 0 Å². The molecule has 100 valence electrons. The van der Waals surface area contributed by atoms with Gasteiger partial charge >= 0.3 is 0 Å². The minimum atomic E-state index is 0.201. The van der Waals surface area contributed by atoms with Crippen molar-refractivity contribution in [2.24, 2.45) is 5.73 Å². The average Bonchev–Trinajstić information content (AvgIpc) is 2.71. The van der Waals surface area contributed by atoms with Crippen molar-refractivity contribution in [1.82, 2.24) is 4.57 Å². The third kappa shape index (κ3) is 2.05. The minimum Gasteiger partial charge on any atom is -0.324 e. The summed E-state index contributed by atoms with van der Waals surface area (Å²) in [5.41, 5.74) is 12.7. The first-order valence-corrected chi connectivity index (χ1v) is 7.61. The molecule has 0 amide bonds. The predicted octanol–water partition coefficient (Wildman–Crippen LogP) is 4.19. The van der Waals surface area contributed by atoms with Crippen LogP contribution in [0.2, 0.25) is 0 Å². The van der Waals surface area contributed by atoms with E-state index in [4.69, 9.17) is 5.73 Å². The predicted molar refractivity (Wildman–Crippen MR) is 82.8 cm³/mol. The Balaban J connectivity index is 2.23. The van der Waals surface area contributed by atoms with Crippen LogP contribution in [0.25, 0.3) is 5.69 Å². The Labute approximate surface area is 122 Å². The molecule has 1 heterocycles. The average molecular weight is 319 g/mol. The number of hydrogen-bond acceptors (Lipinski definition) is 1. The zero-order chi connectivity index (χ0) is 13.6. The molecule has 0 saturated carbocycles. The first-order chi connectivity index (χ1) is 9.09. The van der Waals surface area contributed by atoms with Gasteiger partial charge in [-0.3, -0.25) is 0 Å². The largest absolute Gasteiger partial charge is 0.324 e. The Morgan fingerprint density at radius 3 is 2.89 bits per heavy atom. The van der Waals surface area contributed by atoms with Gasteiger partial charge in [-0.25, -0.2) is 0 Å². The second-order valence-electron chi connectivity index (χ2n) is 5.43. The maximum atomic E-state index is 6.25. The number of aromatic nitrogens is 1. The number of aryl methyl sites for hydroxylation is 2. The highest BCUT2D eigenvalue weighted by Gasteiger charge is 2.23. The Kier molecular flexibility index (Phi) is 3.27. The van der Waals surface area contributed by atoms with Gasteiger partial charge in [0.1, 0.15) is 0 Å². The number of rotatable bonds is 1. The van der Waals surface area contributed by atoms with Crippen molar-refractivity contribution < 1.29 is 0 Å². The highest BCUT2D eigenvalue weighted by atomic mass is 79.9. The van der Waals surface area contributed by atoms with Crippen LogP contribution in [0, 0.1) is 13.8 Å². The van der Waals surface area contributed by atoms with E-state index in [0.29, 0.717) is 0 Å². The van der Waals surface area contributed by atoms with Crippen molar-refractivity contribution in [3.8, 4) is 5.69 Å². The van der Waals surface area contributed by atoms with E-state index >= 15 is 0 Å². The molecule has 1 atom stereocenters. The van der Waals surface area contributed by atoms with Crippen LogP contribution < -0.4 is 5.73 Å². The molecule has 19 heavy (non-hydrogen) atoms. The minimum absolute atomic E-state index is 0.201. The second kappa shape index (κ2) is 4.80. The van der Waals surface area contributed by atoms with Gasteiger partial charge in [-0.2, -0.15) is 0 Å². The van der Waals surface area contributed by atoms with Crippen molar-refractivity contribution in [3.63, 3.8) is 0 Å². The molecule has 0 aliphatic heterocycles. The van der Waals surface area contributed by atoms with Crippen molar-refractivity contribution >= 4 is 15.9 Å². The maximum Gasteiger partial charge on any atom is 0.0599 e. The first kappa shape index (κ1) is 12.9. The van der Waals surface area contributed by atoms with Crippen LogP contribution in [-0.4, -0.2) is 4.57 Å². The summed E-state index contributed by atoms with van der Waals surface area (Å²) >= 11 is 3.73. The fraction of sp³-hybridized carbons (Fsp3) is 0.375. The summed E-state index contributed by atoms with van der Waals surface area (Å²) in [4.78, 5) is 0. The molecule has 2 aromatic rings. The van der Waals surface area contributed by atoms with Crippen LogP contribution in [0.4, 0.5) is 0 Å². The number of hydrogen-bond donors (Lipinski definition) is 1. The lowest BCUT2D eigenvalue weighted by Gasteiger charge is -2.22. The fourth-order valence-electron chi connectivity index (χ4n) is 3.08. The second-order valence-corrected chi connectivity index (χ2v) is 6.22. The van der Waals surface area contributed by atoms with Crippen LogP contribution in [0.15, 0.2) is 28.7 Å². The van der Waals surface area contributed by atoms with Gasteiger partial charge in [-0.05, 0) is 72.3 Å². The summed E-state index contributed by atoms with van der Waals surface area (Å²) in [7, 11) is 0. The van der Waals surface area contributed by atoms with Gasteiger partial charge in [-0.1, -0.05) is 12.1 Å². The van der Waals surface area contributed by atoms with E-state index in [1.807, 2.05) is 0 Å². The molecule has 0 bridgehead atoms. The first-order valence-electron chi connectivity index (χ1n) is 6.81. The standard InChI is InChI=1S/C16H19BrN2/c1-10-5-3-8-15(16(10)17)19-11(2)9-12-13(18)6-4-7-14(12)19/h3,5,8-9,13H,4,6-7,18H2,1-2H3. The van der Waals surface area contributed by atoms with Crippen LogP contribution in [0.5, 0.6) is 0 Å². The van der Waals surface area contributed by atoms with Crippen LogP contribution in [0.3, 0.4) is 0 Å². The van der Waals surface area contributed by atoms with Gasteiger partial charge in [0, 0.05) is 21.9 Å². The number of halogens is 1. The molecule has 1 aromatic carbocycles. The Morgan fingerprint density at radius 2 is 2.11 bits per heavy atom. The SMILES string of the molecule is Cc1cccc(-n2c(C)cc3c2CCCC3N)c1Br. The molecular weight excluding hydrogens is 300 g/mol.